The van der Waals surface area contributed by atoms with Crippen LogP contribution in [0.5, 0.6) is 0 Å². The summed E-state index contributed by atoms with van der Waals surface area (Å²) in [5.41, 5.74) is -0.108. The highest BCUT2D eigenvalue weighted by molar-refractivity contribution is 5.75. The molecule has 0 radical (unpaired) electrons. The van der Waals surface area contributed by atoms with Crippen LogP contribution in [0.25, 0.3) is 0 Å². The van der Waals surface area contributed by atoms with Crippen molar-refractivity contribution in [3.63, 3.8) is 0 Å². The van der Waals surface area contributed by atoms with Crippen molar-refractivity contribution in [3.05, 3.63) is 0 Å². The van der Waals surface area contributed by atoms with Gasteiger partial charge in [0.1, 0.15) is 0 Å². The van der Waals surface area contributed by atoms with Crippen LogP contribution in [0, 0.1) is 22.7 Å². The number of carboxylic acids is 1. The standard InChI is InChI=1S/C16H29NO2/c1-12-5-7-16(8-6-12,14(18)19)11-17-9-13(10-17)15(2,3)4/h12-13H,5-11H2,1-4H3,(H,18,19). The van der Waals surface area contributed by atoms with Gasteiger partial charge in [-0.2, -0.15) is 0 Å². The number of aliphatic carboxylic acids is 1. The lowest BCUT2D eigenvalue weighted by molar-refractivity contribution is -0.155. The Morgan fingerprint density at radius 3 is 2.21 bits per heavy atom. The molecule has 1 saturated carbocycles. The molecule has 19 heavy (non-hydrogen) atoms. The highest BCUT2D eigenvalue weighted by Crippen LogP contribution is 2.42. The first-order valence-corrected chi connectivity index (χ1v) is 7.69. The minimum absolute atomic E-state index is 0.355. The highest BCUT2D eigenvalue weighted by Gasteiger charge is 2.45. The Balaban J connectivity index is 1.91. The van der Waals surface area contributed by atoms with Crippen molar-refractivity contribution in [2.45, 2.75) is 53.4 Å². The van der Waals surface area contributed by atoms with Gasteiger partial charge in [-0.25, -0.2) is 0 Å². The summed E-state index contributed by atoms with van der Waals surface area (Å²) < 4.78 is 0. The number of nitrogens with zero attached hydrogens (tertiary/aromatic N) is 1. The number of likely N-dealkylation sites (tertiary alicyclic amines) is 1. The molecule has 3 nitrogen and oxygen atoms in total. The molecule has 0 aromatic carbocycles. The van der Waals surface area contributed by atoms with Crippen LogP contribution in [0.1, 0.15) is 53.4 Å². The van der Waals surface area contributed by atoms with Gasteiger partial charge in [0.25, 0.3) is 0 Å². The van der Waals surface area contributed by atoms with Crippen molar-refractivity contribution in [2.75, 3.05) is 19.6 Å². The second kappa shape index (κ2) is 5.08. The van der Waals surface area contributed by atoms with Crippen LogP contribution in [0.4, 0.5) is 0 Å². The van der Waals surface area contributed by atoms with Crippen molar-refractivity contribution < 1.29 is 9.90 Å². The van der Waals surface area contributed by atoms with E-state index in [1.54, 1.807) is 0 Å². The van der Waals surface area contributed by atoms with Gasteiger partial charge in [-0.05, 0) is 42.9 Å². The molecular formula is C16H29NO2. The summed E-state index contributed by atoms with van der Waals surface area (Å²) in [4.78, 5) is 14.1. The van der Waals surface area contributed by atoms with E-state index in [2.05, 4.69) is 32.6 Å². The van der Waals surface area contributed by atoms with Crippen molar-refractivity contribution in [1.82, 2.24) is 4.90 Å². The molecule has 0 aromatic rings. The van der Waals surface area contributed by atoms with E-state index in [0.717, 1.165) is 51.2 Å². The molecule has 110 valence electrons. The van der Waals surface area contributed by atoms with Gasteiger partial charge in [0, 0.05) is 19.6 Å². The first-order chi connectivity index (χ1) is 8.73. The largest absolute Gasteiger partial charge is 0.481 e. The predicted molar refractivity (Wildman–Crippen MR) is 77.1 cm³/mol. The fourth-order valence-corrected chi connectivity index (χ4v) is 3.43. The van der Waals surface area contributed by atoms with Gasteiger partial charge < -0.3 is 10.0 Å². The van der Waals surface area contributed by atoms with Crippen LogP contribution in [-0.4, -0.2) is 35.6 Å². The molecule has 0 spiro atoms. The van der Waals surface area contributed by atoms with E-state index in [4.69, 9.17) is 0 Å². The Hall–Kier alpha value is -0.570. The van der Waals surface area contributed by atoms with E-state index in [0.29, 0.717) is 11.3 Å². The molecule has 0 amide bonds. The van der Waals surface area contributed by atoms with E-state index in [-0.39, 0.29) is 0 Å². The zero-order valence-corrected chi connectivity index (χ0v) is 12.9. The molecule has 2 rings (SSSR count). The van der Waals surface area contributed by atoms with Crippen molar-refractivity contribution >= 4 is 5.97 Å². The molecule has 1 N–H and O–H groups in total. The van der Waals surface area contributed by atoms with Gasteiger partial charge in [-0.15, -0.1) is 0 Å². The molecule has 3 heteroatoms. The molecule has 1 aliphatic heterocycles. The van der Waals surface area contributed by atoms with Crippen LogP contribution in [0.15, 0.2) is 0 Å². The van der Waals surface area contributed by atoms with Crippen LogP contribution in [0.2, 0.25) is 0 Å². The lowest BCUT2D eigenvalue weighted by atomic mass is 9.69. The molecule has 2 aliphatic rings. The van der Waals surface area contributed by atoms with E-state index in [1.807, 2.05) is 0 Å². The SMILES string of the molecule is CC1CCC(CN2CC(C(C)(C)C)C2)(C(=O)O)CC1. The lowest BCUT2D eigenvalue weighted by Crippen LogP contribution is -2.57. The fraction of sp³-hybridized carbons (Fsp3) is 0.938. The van der Waals surface area contributed by atoms with Gasteiger partial charge in [0.2, 0.25) is 0 Å². The van der Waals surface area contributed by atoms with E-state index in [9.17, 15) is 9.90 Å². The summed E-state index contributed by atoms with van der Waals surface area (Å²) in [6, 6.07) is 0. The summed E-state index contributed by atoms with van der Waals surface area (Å²) >= 11 is 0. The Bertz CT molecular complexity index is 331. The lowest BCUT2D eigenvalue weighted by Gasteiger charge is -2.50. The molecule has 1 aliphatic carbocycles. The summed E-state index contributed by atoms with van der Waals surface area (Å²) in [6.45, 7) is 12.0. The summed E-state index contributed by atoms with van der Waals surface area (Å²) in [5, 5.41) is 9.64. The second-order valence-electron chi connectivity index (χ2n) is 8.03. The number of hydrogen-bond acceptors (Lipinski definition) is 2. The fourth-order valence-electron chi connectivity index (χ4n) is 3.43. The molecule has 1 saturated heterocycles. The normalized spacial score (nSPS) is 34.0. The van der Waals surface area contributed by atoms with E-state index < -0.39 is 11.4 Å². The second-order valence-corrected chi connectivity index (χ2v) is 8.03. The van der Waals surface area contributed by atoms with E-state index in [1.165, 1.54) is 0 Å². The smallest absolute Gasteiger partial charge is 0.310 e. The molecule has 1 heterocycles. The van der Waals surface area contributed by atoms with Gasteiger partial charge in [0.05, 0.1) is 5.41 Å². The maximum absolute atomic E-state index is 11.7. The number of hydrogen-bond donors (Lipinski definition) is 1. The molecule has 0 unspecified atom stereocenters. The topological polar surface area (TPSA) is 40.5 Å². The minimum atomic E-state index is -0.571. The van der Waals surface area contributed by atoms with Gasteiger partial charge in [0.15, 0.2) is 0 Å². The Morgan fingerprint density at radius 2 is 1.79 bits per heavy atom. The average Bonchev–Trinajstić information content (AvgIpc) is 2.23. The molecule has 0 bridgehead atoms. The van der Waals surface area contributed by atoms with Gasteiger partial charge in [-0.1, -0.05) is 27.7 Å². The first-order valence-electron chi connectivity index (χ1n) is 7.69. The Kier molecular flexibility index (Phi) is 3.97. The molecule has 0 atom stereocenters. The zero-order chi connectivity index (χ0) is 14.3. The predicted octanol–water partition coefficient (Wildman–Crippen LogP) is 3.25. The van der Waals surface area contributed by atoms with Gasteiger partial charge >= 0.3 is 5.97 Å². The van der Waals surface area contributed by atoms with Crippen molar-refractivity contribution in [3.8, 4) is 0 Å². The summed E-state index contributed by atoms with van der Waals surface area (Å²) in [7, 11) is 0. The number of carbonyl (C=O) groups is 1. The van der Waals surface area contributed by atoms with Crippen LogP contribution < -0.4 is 0 Å². The third-order valence-electron chi connectivity index (χ3n) is 5.39. The zero-order valence-electron chi connectivity index (χ0n) is 12.9. The molecular weight excluding hydrogens is 238 g/mol. The quantitative estimate of drug-likeness (QED) is 0.853. The average molecular weight is 267 g/mol. The van der Waals surface area contributed by atoms with Gasteiger partial charge in [-0.3, -0.25) is 4.79 Å². The minimum Gasteiger partial charge on any atom is -0.481 e. The maximum Gasteiger partial charge on any atom is 0.310 e. The summed E-state index contributed by atoms with van der Waals surface area (Å²) in [6.07, 6.45) is 3.87. The monoisotopic (exact) mass is 267 g/mol. The molecule has 2 fully saturated rings. The van der Waals surface area contributed by atoms with Crippen LogP contribution in [-0.2, 0) is 4.79 Å². The molecule has 0 aromatic heterocycles. The van der Waals surface area contributed by atoms with Crippen LogP contribution in [0.3, 0.4) is 0 Å². The third kappa shape index (κ3) is 3.13. The first kappa shape index (κ1) is 14.8. The summed E-state index contributed by atoms with van der Waals surface area (Å²) in [5.74, 6) is 0.852. The third-order valence-corrected chi connectivity index (χ3v) is 5.39. The van der Waals surface area contributed by atoms with E-state index >= 15 is 0 Å². The highest BCUT2D eigenvalue weighted by atomic mass is 16.4. The Labute approximate surface area is 117 Å². The van der Waals surface area contributed by atoms with Crippen molar-refractivity contribution in [2.24, 2.45) is 22.7 Å². The van der Waals surface area contributed by atoms with Crippen LogP contribution >= 0.6 is 0 Å². The Morgan fingerprint density at radius 1 is 1.26 bits per heavy atom. The van der Waals surface area contributed by atoms with Crippen molar-refractivity contribution in [1.29, 1.82) is 0 Å². The number of rotatable bonds is 3. The maximum atomic E-state index is 11.7. The number of carboxylic acid groups (broad SMARTS) is 1.